The van der Waals surface area contributed by atoms with E-state index < -0.39 is 22.8 Å². The van der Waals surface area contributed by atoms with Gasteiger partial charge in [-0.15, -0.1) is 0 Å². The van der Waals surface area contributed by atoms with Crippen molar-refractivity contribution >= 4 is 17.7 Å². The SMILES string of the molecule is CC(=O)NC(Cc1ncn(Cc2ccccc2)c1[N+](=O)[O-])C(=O)OCc1ccccc1. The van der Waals surface area contributed by atoms with Crippen molar-refractivity contribution in [3.05, 3.63) is 93.9 Å². The molecule has 0 aliphatic rings. The lowest BCUT2D eigenvalue weighted by molar-refractivity contribution is -0.392. The van der Waals surface area contributed by atoms with Gasteiger partial charge in [0.2, 0.25) is 5.91 Å². The highest BCUT2D eigenvalue weighted by Crippen LogP contribution is 2.21. The summed E-state index contributed by atoms with van der Waals surface area (Å²) in [4.78, 5) is 39.5. The van der Waals surface area contributed by atoms with E-state index in [1.54, 1.807) is 12.1 Å². The molecular weight excluding hydrogens is 400 g/mol. The summed E-state index contributed by atoms with van der Waals surface area (Å²) in [6.07, 6.45) is 1.20. The third kappa shape index (κ3) is 5.99. The standard InChI is InChI=1S/C22H22N4O5/c1-16(27)24-20(22(28)31-14-18-10-6-3-7-11-18)12-19-21(26(29)30)25(15-23-19)13-17-8-4-2-5-9-17/h2-11,15,20H,12-14H2,1H3,(H,24,27). The number of hydrogen-bond donors (Lipinski definition) is 1. The Balaban J connectivity index is 1.77. The van der Waals surface area contributed by atoms with Crippen LogP contribution in [0.1, 0.15) is 23.7 Å². The summed E-state index contributed by atoms with van der Waals surface area (Å²) in [6, 6.07) is 17.2. The fourth-order valence-electron chi connectivity index (χ4n) is 3.13. The third-order valence-electron chi connectivity index (χ3n) is 4.54. The number of imidazole rings is 1. The molecular formula is C22H22N4O5. The van der Waals surface area contributed by atoms with Crippen molar-refractivity contribution in [3.8, 4) is 0 Å². The minimum atomic E-state index is -1.10. The van der Waals surface area contributed by atoms with Crippen molar-refractivity contribution in [2.24, 2.45) is 0 Å². The number of amides is 1. The van der Waals surface area contributed by atoms with E-state index >= 15 is 0 Å². The van der Waals surface area contributed by atoms with E-state index in [0.29, 0.717) is 0 Å². The number of nitro groups is 1. The molecule has 1 aromatic heterocycles. The molecule has 9 heteroatoms. The van der Waals surface area contributed by atoms with Crippen LogP contribution < -0.4 is 5.32 Å². The zero-order chi connectivity index (χ0) is 22.2. The molecule has 0 bridgehead atoms. The van der Waals surface area contributed by atoms with E-state index in [9.17, 15) is 19.7 Å². The van der Waals surface area contributed by atoms with E-state index in [1.807, 2.05) is 48.5 Å². The van der Waals surface area contributed by atoms with Gasteiger partial charge in [-0.3, -0.25) is 4.79 Å². The van der Waals surface area contributed by atoms with Gasteiger partial charge in [-0.2, -0.15) is 0 Å². The van der Waals surface area contributed by atoms with Crippen LogP contribution in [0, 0.1) is 10.1 Å². The van der Waals surface area contributed by atoms with Gasteiger partial charge >= 0.3 is 11.8 Å². The van der Waals surface area contributed by atoms with Crippen molar-refractivity contribution in [1.82, 2.24) is 14.9 Å². The molecule has 1 atom stereocenters. The van der Waals surface area contributed by atoms with E-state index in [4.69, 9.17) is 4.74 Å². The number of nitrogens with zero attached hydrogens (tertiary/aromatic N) is 3. The molecule has 0 spiro atoms. The quantitative estimate of drug-likeness (QED) is 0.322. The molecule has 0 aliphatic heterocycles. The van der Waals surface area contributed by atoms with Crippen LogP contribution in [-0.4, -0.2) is 32.4 Å². The van der Waals surface area contributed by atoms with Crippen LogP contribution in [0.4, 0.5) is 5.82 Å². The van der Waals surface area contributed by atoms with Crippen molar-refractivity contribution < 1.29 is 19.2 Å². The second-order valence-electron chi connectivity index (χ2n) is 6.94. The molecule has 31 heavy (non-hydrogen) atoms. The minimum Gasteiger partial charge on any atom is -0.459 e. The smallest absolute Gasteiger partial charge is 0.346 e. The summed E-state index contributed by atoms with van der Waals surface area (Å²) in [5.41, 5.74) is 1.75. The number of rotatable bonds is 9. The number of esters is 1. The Morgan fingerprint density at radius 1 is 1.10 bits per heavy atom. The molecule has 1 unspecified atom stereocenters. The number of benzene rings is 2. The Hall–Kier alpha value is -4.01. The zero-order valence-electron chi connectivity index (χ0n) is 16.9. The predicted molar refractivity (Wildman–Crippen MR) is 112 cm³/mol. The molecule has 160 valence electrons. The lowest BCUT2D eigenvalue weighted by Gasteiger charge is -2.16. The Labute approximate surface area is 178 Å². The molecule has 0 saturated heterocycles. The first-order valence-electron chi connectivity index (χ1n) is 9.64. The van der Waals surface area contributed by atoms with Crippen molar-refractivity contribution in [1.29, 1.82) is 0 Å². The second-order valence-corrected chi connectivity index (χ2v) is 6.94. The number of carbonyl (C=O) groups excluding carboxylic acids is 2. The number of carbonyl (C=O) groups is 2. The van der Waals surface area contributed by atoms with Crippen LogP contribution in [0.2, 0.25) is 0 Å². The first-order chi connectivity index (χ1) is 14.9. The van der Waals surface area contributed by atoms with Gasteiger partial charge in [-0.1, -0.05) is 60.7 Å². The van der Waals surface area contributed by atoms with Crippen LogP contribution in [0.3, 0.4) is 0 Å². The fraction of sp³-hybridized carbons (Fsp3) is 0.227. The minimum absolute atomic E-state index is 0.0281. The lowest BCUT2D eigenvalue weighted by Crippen LogP contribution is -2.42. The van der Waals surface area contributed by atoms with Crippen LogP contribution in [0.25, 0.3) is 0 Å². The number of aromatic nitrogens is 2. The maximum absolute atomic E-state index is 12.6. The van der Waals surface area contributed by atoms with Crippen LogP contribution in [-0.2, 0) is 33.9 Å². The lowest BCUT2D eigenvalue weighted by atomic mass is 10.1. The normalized spacial score (nSPS) is 11.5. The topological polar surface area (TPSA) is 116 Å². The zero-order valence-corrected chi connectivity index (χ0v) is 16.9. The van der Waals surface area contributed by atoms with Gasteiger partial charge in [0.15, 0.2) is 6.33 Å². The fourth-order valence-corrected chi connectivity index (χ4v) is 3.13. The molecule has 0 fully saturated rings. The second kappa shape index (κ2) is 10.1. The Morgan fingerprint density at radius 2 is 1.71 bits per heavy atom. The molecule has 1 amide bonds. The van der Waals surface area contributed by atoms with Gasteiger partial charge in [0.05, 0.1) is 0 Å². The molecule has 1 heterocycles. The Bertz CT molecular complexity index is 1050. The van der Waals surface area contributed by atoms with Gasteiger partial charge < -0.3 is 20.2 Å². The maximum atomic E-state index is 12.6. The average Bonchev–Trinajstić information content (AvgIpc) is 3.15. The average molecular weight is 422 g/mol. The van der Waals surface area contributed by atoms with Crippen molar-refractivity contribution in [2.75, 3.05) is 0 Å². The van der Waals surface area contributed by atoms with Gasteiger partial charge in [-0.05, 0) is 16.1 Å². The molecule has 0 aliphatic carbocycles. The molecule has 0 radical (unpaired) electrons. The van der Waals surface area contributed by atoms with E-state index in [-0.39, 0.29) is 31.1 Å². The van der Waals surface area contributed by atoms with Crippen LogP contribution in [0.15, 0.2) is 67.0 Å². The summed E-state index contributed by atoms with van der Waals surface area (Å²) >= 11 is 0. The molecule has 1 N–H and O–H groups in total. The summed E-state index contributed by atoms with van der Waals surface area (Å²) in [5, 5.41) is 14.2. The molecule has 2 aromatic carbocycles. The largest absolute Gasteiger partial charge is 0.459 e. The molecule has 3 aromatic rings. The van der Waals surface area contributed by atoms with E-state index in [0.717, 1.165) is 11.1 Å². The monoisotopic (exact) mass is 422 g/mol. The van der Waals surface area contributed by atoms with E-state index in [1.165, 1.54) is 17.8 Å². The van der Waals surface area contributed by atoms with Crippen molar-refractivity contribution in [3.63, 3.8) is 0 Å². The van der Waals surface area contributed by atoms with Crippen LogP contribution >= 0.6 is 0 Å². The molecule has 3 rings (SSSR count). The van der Waals surface area contributed by atoms with Gasteiger partial charge in [0, 0.05) is 13.3 Å². The highest BCUT2D eigenvalue weighted by molar-refractivity contribution is 5.83. The van der Waals surface area contributed by atoms with Gasteiger partial charge in [0.25, 0.3) is 0 Å². The third-order valence-corrected chi connectivity index (χ3v) is 4.54. The van der Waals surface area contributed by atoms with Gasteiger partial charge in [0.1, 0.15) is 24.9 Å². The molecule has 0 saturated carbocycles. The highest BCUT2D eigenvalue weighted by atomic mass is 16.6. The molecule has 9 nitrogen and oxygen atoms in total. The number of nitrogens with one attached hydrogen (secondary N) is 1. The number of ether oxygens (including phenoxy) is 1. The predicted octanol–water partition coefficient (Wildman–Crippen LogP) is 2.63. The summed E-state index contributed by atoms with van der Waals surface area (Å²) in [6.45, 7) is 1.55. The van der Waals surface area contributed by atoms with Crippen LogP contribution in [0.5, 0.6) is 0 Å². The highest BCUT2D eigenvalue weighted by Gasteiger charge is 2.29. The summed E-state index contributed by atoms with van der Waals surface area (Å²) < 4.78 is 6.72. The Morgan fingerprint density at radius 3 is 2.29 bits per heavy atom. The first-order valence-corrected chi connectivity index (χ1v) is 9.64. The van der Waals surface area contributed by atoms with Crippen molar-refractivity contribution in [2.45, 2.75) is 32.5 Å². The maximum Gasteiger partial charge on any atom is 0.346 e. The first kappa shape index (κ1) is 21.7. The summed E-state index contributed by atoms with van der Waals surface area (Å²) in [5.74, 6) is -1.37. The number of hydrogen-bond acceptors (Lipinski definition) is 6. The van der Waals surface area contributed by atoms with Gasteiger partial charge in [-0.25, -0.2) is 14.3 Å². The van der Waals surface area contributed by atoms with E-state index in [2.05, 4.69) is 10.3 Å². The Kier molecular flexibility index (Phi) is 7.10. The summed E-state index contributed by atoms with van der Waals surface area (Å²) in [7, 11) is 0.